The number of H-pyrrole nitrogens is 1. The van der Waals surface area contributed by atoms with E-state index in [-0.39, 0.29) is 0 Å². The Bertz CT molecular complexity index is 953. The Morgan fingerprint density at radius 2 is 2.04 bits per heavy atom. The second-order valence-corrected chi connectivity index (χ2v) is 7.65. The Morgan fingerprint density at radius 1 is 1.15 bits per heavy atom. The molecule has 1 N–H and O–H groups in total. The van der Waals surface area contributed by atoms with Crippen LogP contribution < -0.4 is 0 Å². The summed E-state index contributed by atoms with van der Waals surface area (Å²) < 4.78 is 5.77. The molecule has 2 aromatic heterocycles. The van der Waals surface area contributed by atoms with Crippen LogP contribution in [-0.2, 0) is 24.3 Å². The first kappa shape index (κ1) is 16.0. The van der Waals surface area contributed by atoms with E-state index in [4.69, 9.17) is 4.74 Å². The van der Waals surface area contributed by atoms with Gasteiger partial charge in [0.25, 0.3) is 0 Å². The number of aromatic amines is 1. The first-order chi connectivity index (χ1) is 12.8. The number of rotatable bonds is 3. The number of ether oxygens (including phenoxy) is 1. The molecule has 2 aliphatic heterocycles. The van der Waals surface area contributed by atoms with E-state index in [2.05, 4.69) is 40.0 Å². The Labute approximate surface area is 154 Å². The van der Waals surface area contributed by atoms with Crippen molar-refractivity contribution in [2.24, 2.45) is 0 Å². The summed E-state index contributed by atoms with van der Waals surface area (Å²) in [6.45, 7) is 7.19. The van der Waals surface area contributed by atoms with Gasteiger partial charge in [0.2, 0.25) is 0 Å². The first-order valence-electron chi connectivity index (χ1n) is 9.67. The van der Waals surface area contributed by atoms with Crippen molar-refractivity contribution in [3.05, 3.63) is 52.8 Å². The van der Waals surface area contributed by atoms with E-state index >= 15 is 0 Å². The molecule has 4 nitrogen and oxygen atoms in total. The summed E-state index contributed by atoms with van der Waals surface area (Å²) in [7, 11) is 0. The van der Waals surface area contributed by atoms with Gasteiger partial charge in [-0.2, -0.15) is 0 Å². The highest BCUT2D eigenvalue weighted by Gasteiger charge is 2.19. The van der Waals surface area contributed by atoms with Crippen LogP contribution in [0.1, 0.15) is 35.1 Å². The largest absolute Gasteiger partial charge is 0.376 e. The number of benzene rings is 1. The predicted octanol–water partition coefficient (Wildman–Crippen LogP) is 4.21. The fraction of sp³-hybridized carbons (Fsp3) is 0.409. The molecular formula is C22H25N3O. The summed E-state index contributed by atoms with van der Waals surface area (Å²) in [4.78, 5) is 10.4. The van der Waals surface area contributed by atoms with Crippen LogP contribution in [0.15, 0.2) is 30.6 Å². The third-order valence-electron chi connectivity index (χ3n) is 5.86. The second kappa shape index (κ2) is 6.53. The van der Waals surface area contributed by atoms with Crippen molar-refractivity contribution in [2.75, 3.05) is 19.7 Å². The van der Waals surface area contributed by atoms with Gasteiger partial charge in [0.15, 0.2) is 0 Å². The standard InChI is InChI=1S/C22H25N3O/c1-15-11-23-22-20(15)10-18(12-24-22)17-8-16-4-7-26-14-21(16)19(9-17)13-25-5-2-3-6-25/h8-12H,2-7,13-14H2,1H3,(H,23,24). The maximum Gasteiger partial charge on any atom is 0.137 e. The fourth-order valence-electron chi connectivity index (χ4n) is 4.34. The molecule has 0 atom stereocenters. The molecular weight excluding hydrogens is 322 g/mol. The van der Waals surface area contributed by atoms with Gasteiger partial charge >= 0.3 is 0 Å². The summed E-state index contributed by atoms with van der Waals surface area (Å²) in [6.07, 6.45) is 7.69. The van der Waals surface area contributed by atoms with Crippen LogP contribution in [0, 0.1) is 6.92 Å². The van der Waals surface area contributed by atoms with Crippen molar-refractivity contribution in [2.45, 2.75) is 39.3 Å². The summed E-state index contributed by atoms with van der Waals surface area (Å²) >= 11 is 0. The lowest BCUT2D eigenvalue weighted by Gasteiger charge is -2.24. The number of nitrogens with zero attached hydrogens (tertiary/aromatic N) is 2. The predicted molar refractivity (Wildman–Crippen MR) is 104 cm³/mol. The van der Waals surface area contributed by atoms with E-state index in [1.165, 1.54) is 64.7 Å². The molecule has 26 heavy (non-hydrogen) atoms. The molecule has 0 aliphatic carbocycles. The zero-order valence-electron chi connectivity index (χ0n) is 15.3. The lowest BCUT2D eigenvalue weighted by atomic mass is 9.92. The van der Waals surface area contributed by atoms with E-state index in [9.17, 15) is 0 Å². The third-order valence-corrected chi connectivity index (χ3v) is 5.86. The quantitative estimate of drug-likeness (QED) is 0.772. The lowest BCUT2D eigenvalue weighted by molar-refractivity contribution is 0.109. The van der Waals surface area contributed by atoms with Gasteiger partial charge in [0.05, 0.1) is 13.2 Å². The monoisotopic (exact) mass is 347 g/mol. The van der Waals surface area contributed by atoms with Gasteiger partial charge in [-0.25, -0.2) is 4.98 Å². The molecule has 0 bridgehead atoms. The maximum absolute atomic E-state index is 5.77. The van der Waals surface area contributed by atoms with Crippen LogP contribution in [0.25, 0.3) is 22.2 Å². The van der Waals surface area contributed by atoms with E-state index < -0.39 is 0 Å². The minimum atomic E-state index is 0.757. The lowest BCUT2D eigenvalue weighted by Crippen LogP contribution is -2.21. The van der Waals surface area contributed by atoms with Crippen LogP contribution in [-0.4, -0.2) is 34.6 Å². The number of hydrogen-bond donors (Lipinski definition) is 1. The highest BCUT2D eigenvalue weighted by molar-refractivity contribution is 5.84. The molecule has 4 heterocycles. The van der Waals surface area contributed by atoms with Crippen molar-refractivity contribution in [1.82, 2.24) is 14.9 Å². The van der Waals surface area contributed by atoms with E-state index in [0.29, 0.717) is 0 Å². The van der Waals surface area contributed by atoms with Gasteiger partial charge in [-0.15, -0.1) is 0 Å². The van der Waals surface area contributed by atoms with Crippen molar-refractivity contribution in [3.63, 3.8) is 0 Å². The fourth-order valence-corrected chi connectivity index (χ4v) is 4.34. The zero-order valence-corrected chi connectivity index (χ0v) is 15.3. The molecule has 2 aliphatic rings. The summed E-state index contributed by atoms with van der Waals surface area (Å²) in [5, 5.41) is 1.21. The molecule has 0 saturated carbocycles. The molecule has 0 radical (unpaired) electrons. The zero-order chi connectivity index (χ0) is 17.5. The molecule has 0 amide bonds. The first-order valence-corrected chi connectivity index (χ1v) is 9.67. The van der Waals surface area contributed by atoms with Crippen LogP contribution in [0.5, 0.6) is 0 Å². The number of aryl methyl sites for hydroxylation is 1. The number of hydrogen-bond acceptors (Lipinski definition) is 3. The van der Waals surface area contributed by atoms with Gasteiger partial charge in [-0.3, -0.25) is 4.90 Å². The van der Waals surface area contributed by atoms with E-state index in [1.54, 1.807) is 0 Å². The number of aromatic nitrogens is 2. The average molecular weight is 347 g/mol. The molecule has 0 unspecified atom stereocenters. The highest BCUT2D eigenvalue weighted by atomic mass is 16.5. The minimum Gasteiger partial charge on any atom is -0.376 e. The molecule has 4 heteroatoms. The van der Waals surface area contributed by atoms with Gasteiger partial charge in [0.1, 0.15) is 5.65 Å². The highest BCUT2D eigenvalue weighted by Crippen LogP contribution is 2.31. The smallest absolute Gasteiger partial charge is 0.137 e. The SMILES string of the molecule is Cc1c[nH]c2ncc(-c3cc4c(c(CN5CCCC5)c3)COCC4)cc12. The molecule has 5 rings (SSSR count). The van der Waals surface area contributed by atoms with Crippen LogP contribution in [0.2, 0.25) is 0 Å². The van der Waals surface area contributed by atoms with Crippen LogP contribution in [0.4, 0.5) is 0 Å². The second-order valence-electron chi connectivity index (χ2n) is 7.65. The number of fused-ring (bicyclic) bond motifs is 2. The minimum absolute atomic E-state index is 0.757. The van der Waals surface area contributed by atoms with Crippen molar-refractivity contribution >= 4 is 11.0 Å². The van der Waals surface area contributed by atoms with E-state index in [0.717, 1.165) is 31.8 Å². The maximum atomic E-state index is 5.77. The van der Waals surface area contributed by atoms with Gasteiger partial charge < -0.3 is 9.72 Å². The number of nitrogens with one attached hydrogen (secondary N) is 1. The summed E-state index contributed by atoms with van der Waals surface area (Å²) in [5.41, 5.74) is 9.01. The van der Waals surface area contributed by atoms with Gasteiger partial charge in [-0.05, 0) is 79.2 Å². The third kappa shape index (κ3) is 2.83. The van der Waals surface area contributed by atoms with Gasteiger partial charge in [-0.1, -0.05) is 6.07 Å². The molecule has 1 aromatic carbocycles. The van der Waals surface area contributed by atoms with Crippen LogP contribution in [0.3, 0.4) is 0 Å². The molecule has 0 spiro atoms. The molecule has 1 saturated heterocycles. The number of likely N-dealkylation sites (tertiary alicyclic amines) is 1. The average Bonchev–Trinajstić information content (AvgIpc) is 3.31. The van der Waals surface area contributed by atoms with Crippen molar-refractivity contribution in [1.29, 1.82) is 0 Å². The van der Waals surface area contributed by atoms with Gasteiger partial charge in [0, 0.05) is 29.9 Å². The Morgan fingerprint density at radius 3 is 2.92 bits per heavy atom. The van der Waals surface area contributed by atoms with Crippen molar-refractivity contribution in [3.8, 4) is 11.1 Å². The summed E-state index contributed by atoms with van der Waals surface area (Å²) in [6, 6.07) is 7.00. The van der Waals surface area contributed by atoms with Crippen molar-refractivity contribution < 1.29 is 4.74 Å². The number of pyridine rings is 1. The summed E-state index contributed by atoms with van der Waals surface area (Å²) in [5.74, 6) is 0. The Kier molecular flexibility index (Phi) is 4.03. The normalized spacial score (nSPS) is 17.7. The van der Waals surface area contributed by atoms with E-state index in [1.807, 2.05) is 12.4 Å². The Hall–Kier alpha value is -2.17. The van der Waals surface area contributed by atoms with Crippen LogP contribution >= 0.6 is 0 Å². The molecule has 1 fully saturated rings. The Balaban J connectivity index is 1.59. The molecule has 134 valence electrons. The topological polar surface area (TPSA) is 41.2 Å². The molecule has 3 aromatic rings.